The summed E-state index contributed by atoms with van der Waals surface area (Å²) in [6.45, 7) is 6.91. The summed E-state index contributed by atoms with van der Waals surface area (Å²) in [6, 6.07) is 0. The third-order valence-corrected chi connectivity index (χ3v) is 2.36. The van der Waals surface area contributed by atoms with Gasteiger partial charge in [-0.05, 0) is 33.0 Å². The lowest BCUT2D eigenvalue weighted by Gasteiger charge is -2.24. The molecule has 4 nitrogen and oxygen atoms in total. The van der Waals surface area contributed by atoms with E-state index in [9.17, 15) is 4.79 Å². The minimum atomic E-state index is -0.464. The van der Waals surface area contributed by atoms with Crippen LogP contribution in [0.2, 0.25) is 0 Å². The number of carbonyl (C=O) groups excluding carboxylic acids is 1. The molecule has 5 heteroatoms. The van der Waals surface area contributed by atoms with Crippen LogP contribution in [0.1, 0.15) is 20.8 Å². The van der Waals surface area contributed by atoms with Crippen molar-refractivity contribution in [1.82, 2.24) is 9.80 Å². The highest BCUT2D eigenvalue weighted by atomic mass is 32.1. The first-order chi connectivity index (χ1) is 6.31. The summed E-state index contributed by atoms with van der Waals surface area (Å²) in [5.74, 6) is 0. The standard InChI is InChI=1S/C9H16N2O2S/c1-9(2,3)13-8(12)11-6-5-10(4)7(11)14/h5-6H2,1-4H3. The second-order valence-corrected chi connectivity index (χ2v) is 4.70. The summed E-state index contributed by atoms with van der Waals surface area (Å²) in [5.41, 5.74) is -0.464. The molecule has 0 aromatic rings. The first kappa shape index (κ1) is 11.2. The molecular weight excluding hydrogens is 200 g/mol. The van der Waals surface area contributed by atoms with Crippen molar-refractivity contribution < 1.29 is 9.53 Å². The third kappa shape index (κ3) is 2.57. The summed E-state index contributed by atoms with van der Waals surface area (Å²) < 4.78 is 5.21. The molecule has 0 aromatic heterocycles. The van der Waals surface area contributed by atoms with Gasteiger partial charge >= 0.3 is 6.09 Å². The molecule has 0 aliphatic carbocycles. The van der Waals surface area contributed by atoms with Gasteiger partial charge in [-0.25, -0.2) is 4.79 Å². The summed E-state index contributed by atoms with van der Waals surface area (Å²) in [6.07, 6.45) is -0.355. The Labute approximate surface area is 89.8 Å². The monoisotopic (exact) mass is 216 g/mol. The van der Waals surface area contributed by atoms with E-state index >= 15 is 0 Å². The van der Waals surface area contributed by atoms with Gasteiger partial charge in [0.15, 0.2) is 5.11 Å². The van der Waals surface area contributed by atoms with Crippen LogP contribution in [0.15, 0.2) is 0 Å². The fourth-order valence-electron chi connectivity index (χ4n) is 1.13. The lowest BCUT2D eigenvalue weighted by molar-refractivity contribution is 0.0388. The number of thiocarbonyl (C=S) groups is 1. The van der Waals surface area contributed by atoms with Crippen LogP contribution in [0.3, 0.4) is 0 Å². The average molecular weight is 216 g/mol. The van der Waals surface area contributed by atoms with Crippen molar-refractivity contribution in [2.75, 3.05) is 20.1 Å². The van der Waals surface area contributed by atoms with Crippen LogP contribution >= 0.6 is 12.2 Å². The molecule has 0 atom stereocenters. The maximum absolute atomic E-state index is 11.6. The summed E-state index contributed by atoms with van der Waals surface area (Å²) >= 11 is 5.08. The third-order valence-electron chi connectivity index (χ3n) is 1.83. The van der Waals surface area contributed by atoms with Crippen molar-refractivity contribution in [3.8, 4) is 0 Å². The van der Waals surface area contributed by atoms with Gasteiger partial charge in [-0.2, -0.15) is 0 Å². The molecule has 0 aromatic carbocycles. The number of amides is 1. The molecule has 0 saturated carbocycles. The maximum atomic E-state index is 11.6. The molecule has 1 aliphatic rings. The molecule has 0 radical (unpaired) electrons. The molecule has 14 heavy (non-hydrogen) atoms. The zero-order valence-electron chi connectivity index (χ0n) is 9.03. The Balaban J connectivity index is 2.59. The zero-order valence-corrected chi connectivity index (χ0v) is 9.85. The molecule has 0 unspecified atom stereocenters. The summed E-state index contributed by atoms with van der Waals surface area (Å²) in [4.78, 5) is 15.0. The van der Waals surface area contributed by atoms with Crippen molar-refractivity contribution in [3.63, 3.8) is 0 Å². The predicted octanol–water partition coefficient (Wildman–Crippen LogP) is 1.45. The topological polar surface area (TPSA) is 32.8 Å². The summed E-state index contributed by atoms with van der Waals surface area (Å²) in [7, 11) is 1.87. The second kappa shape index (κ2) is 3.73. The van der Waals surface area contributed by atoms with E-state index in [1.54, 1.807) is 0 Å². The van der Waals surface area contributed by atoms with Crippen molar-refractivity contribution in [1.29, 1.82) is 0 Å². The van der Waals surface area contributed by atoms with Crippen LogP contribution in [0, 0.1) is 0 Å². The number of nitrogens with zero attached hydrogens (tertiary/aromatic N) is 2. The van der Waals surface area contributed by atoms with Crippen LogP contribution in [0.5, 0.6) is 0 Å². The molecule has 0 bridgehead atoms. The molecule has 1 rings (SSSR count). The quantitative estimate of drug-likeness (QED) is 0.574. The lowest BCUT2D eigenvalue weighted by atomic mass is 10.2. The number of hydrogen-bond acceptors (Lipinski definition) is 3. The van der Waals surface area contributed by atoms with E-state index in [4.69, 9.17) is 17.0 Å². The van der Waals surface area contributed by atoms with E-state index < -0.39 is 5.60 Å². The van der Waals surface area contributed by atoms with Crippen LogP contribution in [0.25, 0.3) is 0 Å². The molecule has 0 spiro atoms. The maximum Gasteiger partial charge on any atom is 0.416 e. The molecular formula is C9H16N2O2S. The van der Waals surface area contributed by atoms with Crippen LogP contribution in [0.4, 0.5) is 4.79 Å². The van der Waals surface area contributed by atoms with Crippen molar-refractivity contribution >= 4 is 23.4 Å². The first-order valence-corrected chi connectivity index (χ1v) is 4.98. The molecule has 80 valence electrons. The van der Waals surface area contributed by atoms with Gasteiger partial charge < -0.3 is 9.64 Å². The number of hydrogen-bond donors (Lipinski definition) is 0. The fourth-order valence-corrected chi connectivity index (χ4v) is 1.39. The Kier molecular flexibility index (Phi) is 2.99. The van der Waals surface area contributed by atoms with E-state index in [0.29, 0.717) is 11.7 Å². The van der Waals surface area contributed by atoms with Crippen LogP contribution in [-0.4, -0.2) is 46.7 Å². The lowest BCUT2D eigenvalue weighted by Crippen LogP contribution is -2.39. The Morgan fingerprint density at radius 1 is 1.43 bits per heavy atom. The fraction of sp³-hybridized carbons (Fsp3) is 0.778. The number of ether oxygens (including phenoxy) is 1. The van der Waals surface area contributed by atoms with E-state index in [0.717, 1.165) is 6.54 Å². The van der Waals surface area contributed by atoms with E-state index in [-0.39, 0.29) is 6.09 Å². The molecule has 1 fully saturated rings. The van der Waals surface area contributed by atoms with Crippen LogP contribution < -0.4 is 0 Å². The Hall–Kier alpha value is -0.840. The minimum absolute atomic E-state index is 0.355. The van der Waals surface area contributed by atoms with Gasteiger partial charge in [0.05, 0.1) is 0 Å². The van der Waals surface area contributed by atoms with Gasteiger partial charge in [-0.15, -0.1) is 0 Å². The number of carbonyl (C=O) groups is 1. The highest BCUT2D eigenvalue weighted by Gasteiger charge is 2.30. The molecule has 0 N–H and O–H groups in total. The minimum Gasteiger partial charge on any atom is -0.443 e. The largest absolute Gasteiger partial charge is 0.443 e. The first-order valence-electron chi connectivity index (χ1n) is 4.57. The van der Waals surface area contributed by atoms with Crippen molar-refractivity contribution in [2.45, 2.75) is 26.4 Å². The normalized spacial score (nSPS) is 17.6. The zero-order chi connectivity index (χ0) is 10.9. The van der Waals surface area contributed by atoms with E-state index in [1.165, 1.54) is 4.90 Å². The Morgan fingerprint density at radius 3 is 2.36 bits per heavy atom. The highest BCUT2D eigenvalue weighted by molar-refractivity contribution is 7.80. The van der Waals surface area contributed by atoms with E-state index in [2.05, 4.69) is 0 Å². The van der Waals surface area contributed by atoms with Crippen molar-refractivity contribution in [3.05, 3.63) is 0 Å². The van der Waals surface area contributed by atoms with Crippen LogP contribution in [-0.2, 0) is 4.74 Å². The summed E-state index contributed by atoms with van der Waals surface area (Å²) in [5, 5.41) is 0.541. The average Bonchev–Trinajstić information content (AvgIpc) is 2.29. The Morgan fingerprint density at radius 2 is 2.00 bits per heavy atom. The van der Waals surface area contributed by atoms with E-state index in [1.807, 2.05) is 32.7 Å². The van der Waals surface area contributed by atoms with Gasteiger partial charge in [-0.3, -0.25) is 4.90 Å². The van der Waals surface area contributed by atoms with Gasteiger partial charge in [-0.1, -0.05) is 0 Å². The van der Waals surface area contributed by atoms with Gasteiger partial charge in [0.1, 0.15) is 5.60 Å². The van der Waals surface area contributed by atoms with Gasteiger partial charge in [0.25, 0.3) is 0 Å². The molecule has 1 heterocycles. The van der Waals surface area contributed by atoms with Gasteiger partial charge in [0.2, 0.25) is 0 Å². The Bertz CT molecular complexity index is 260. The molecule has 1 saturated heterocycles. The second-order valence-electron chi connectivity index (χ2n) is 4.34. The van der Waals surface area contributed by atoms with Crippen molar-refractivity contribution in [2.24, 2.45) is 0 Å². The number of rotatable bonds is 0. The predicted molar refractivity (Wildman–Crippen MR) is 58.2 cm³/mol. The number of likely N-dealkylation sites (N-methyl/N-ethyl adjacent to an activating group) is 1. The SMILES string of the molecule is CN1CCN(C(=O)OC(C)(C)C)C1=S. The molecule has 1 aliphatic heterocycles. The van der Waals surface area contributed by atoms with Gasteiger partial charge in [0, 0.05) is 20.1 Å². The molecule has 1 amide bonds. The highest BCUT2D eigenvalue weighted by Crippen LogP contribution is 2.14. The smallest absolute Gasteiger partial charge is 0.416 e.